The molecule has 0 amide bonds. The van der Waals surface area contributed by atoms with Crippen LogP contribution in [0.25, 0.3) is 11.4 Å². The summed E-state index contributed by atoms with van der Waals surface area (Å²) in [6, 6.07) is 8.06. The first-order chi connectivity index (χ1) is 12.8. The van der Waals surface area contributed by atoms with Crippen molar-refractivity contribution in [2.45, 2.75) is 45.4 Å². The highest BCUT2D eigenvalue weighted by Crippen LogP contribution is 2.31. The largest absolute Gasteiger partial charge is 0.497 e. The molecule has 1 aliphatic rings. The lowest BCUT2D eigenvalue weighted by Crippen LogP contribution is -3.05. The molecule has 1 N–H and O–H groups in total. The van der Waals surface area contributed by atoms with Crippen LogP contribution < -0.4 is 9.64 Å². The lowest BCUT2D eigenvalue weighted by Gasteiger charge is -2.34. The molecule has 5 nitrogen and oxygen atoms in total. The first-order valence-electron chi connectivity index (χ1n) is 9.51. The molecule has 1 aromatic carbocycles. The zero-order valence-corrected chi connectivity index (χ0v) is 17.8. The minimum absolute atomic E-state index is 0.193. The van der Waals surface area contributed by atoms with Crippen LogP contribution in [-0.4, -0.2) is 42.9 Å². The summed E-state index contributed by atoms with van der Waals surface area (Å²) in [6.45, 7) is 6.85. The van der Waals surface area contributed by atoms with E-state index in [1.807, 2.05) is 12.1 Å². The second-order valence-electron chi connectivity index (χ2n) is 8.08. The van der Waals surface area contributed by atoms with Crippen LogP contribution in [0.4, 0.5) is 0 Å². The highest BCUT2D eigenvalue weighted by molar-refractivity contribution is 7.71. The average Bonchev–Trinajstić information content (AvgIpc) is 2.62. The molecule has 0 atom stereocenters. The summed E-state index contributed by atoms with van der Waals surface area (Å²) in [6.07, 6.45) is 1.93. The molecule has 2 aromatic rings. The lowest BCUT2D eigenvalue weighted by atomic mass is 9.95. The Morgan fingerprint density at radius 3 is 2.59 bits per heavy atom. The third kappa shape index (κ3) is 4.57. The number of ether oxygens (including phenoxy) is 2. The van der Waals surface area contributed by atoms with Gasteiger partial charge in [0.05, 0.1) is 40.0 Å². The molecule has 0 saturated heterocycles. The van der Waals surface area contributed by atoms with Crippen molar-refractivity contribution in [3.05, 3.63) is 40.2 Å². The van der Waals surface area contributed by atoms with E-state index in [-0.39, 0.29) is 5.60 Å². The second kappa shape index (κ2) is 8.09. The van der Waals surface area contributed by atoms with E-state index in [0.29, 0.717) is 11.2 Å². The Balaban J connectivity index is 2.10. The Bertz CT molecular complexity index is 857. The summed E-state index contributed by atoms with van der Waals surface area (Å²) in [5.41, 5.74) is 3.21. The van der Waals surface area contributed by atoms with Gasteiger partial charge in [-0.3, -0.25) is 0 Å². The van der Waals surface area contributed by atoms with Crippen LogP contribution >= 0.6 is 12.2 Å². The SMILES string of the molecule is COc1ccc(-c2nc(=S)c3c(n2CCC[NH+](C)C)CC(C)(C)OC3)cc1. The van der Waals surface area contributed by atoms with Gasteiger partial charge in [-0.05, 0) is 38.1 Å². The third-order valence-corrected chi connectivity index (χ3v) is 5.34. The zero-order chi connectivity index (χ0) is 19.6. The highest BCUT2D eigenvalue weighted by atomic mass is 32.1. The quantitative estimate of drug-likeness (QED) is 0.773. The Hall–Kier alpha value is -1.76. The van der Waals surface area contributed by atoms with Crippen LogP contribution in [0.1, 0.15) is 31.5 Å². The van der Waals surface area contributed by atoms with Gasteiger partial charge >= 0.3 is 0 Å². The number of nitrogens with zero attached hydrogens (tertiary/aromatic N) is 2. The molecule has 0 spiro atoms. The van der Waals surface area contributed by atoms with Crippen molar-refractivity contribution in [1.82, 2.24) is 9.55 Å². The van der Waals surface area contributed by atoms with E-state index >= 15 is 0 Å². The molecule has 3 rings (SSSR count). The second-order valence-corrected chi connectivity index (χ2v) is 8.47. The Kier molecular flexibility index (Phi) is 5.99. The fourth-order valence-corrected chi connectivity index (χ4v) is 3.76. The minimum Gasteiger partial charge on any atom is -0.497 e. The molecule has 6 heteroatoms. The van der Waals surface area contributed by atoms with Crippen molar-refractivity contribution in [2.75, 3.05) is 27.7 Å². The monoisotopic (exact) mass is 388 g/mol. The fraction of sp³-hybridized carbons (Fsp3) is 0.524. The average molecular weight is 389 g/mol. The predicted octanol–water partition coefficient (Wildman–Crippen LogP) is 2.67. The normalized spacial score (nSPS) is 15.6. The number of hydrogen-bond donors (Lipinski definition) is 1. The molecule has 1 aliphatic heterocycles. The highest BCUT2D eigenvalue weighted by Gasteiger charge is 2.30. The molecule has 2 heterocycles. The number of hydrogen-bond acceptors (Lipinski definition) is 4. The third-order valence-electron chi connectivity index (χ3n) is 5.00. The van der Waals surface area contributed by atoms with E-state index in [2.05, 4.69) is 44.6 Å². The van der Waals surface area contributed by atoms with Crippen molar-refractivity contribution in [1.29, 1.82) is 0 Å². The van der Waals surface area contributed by atoms with Crippen molar-refractivity contribution >= 4 is 12.2 Å². The van der Waals surface area contributed by atoms with Gasteiger partial charge in [-0.1, -0.05) is 12.2 Å². The number of nitrogens with one attached hydrogen (secondary N) is 1. The standard InChI is InChI=1S/C21H29N3O2S/c1-21(2)13-18-17(14-26-21)20(27)22-19(24(18)12-6-11-23(3)4)15-7-9-16(25-5)10-8-15/h7-10H,6,11-14H2,1-5H3/p+1. The van der Waals surface area contributed by atoms with Gasteiger partial charge in [0.15, 0.2) is 0 Å². The van der Waals surface area contributed by atoms with Crippen molar-refractivity contribution in [3.63, 3.8) is 0 Å². The maximum Gasteiger partial charge on any atom is 0.141 e. The maximum absolute atomic E-state index is 6.01. The number of rotatable bonds is 6. The van der Waals surface area contributed by atoms with Crippen molar-refractivity contribution in [3.8, 4) is 17.1 Å². The van der Waals surface area contributed by atoms with Crippen LogP contribution in [0.3, 0.4) is 0 Å². The number of benzene rings is 1. The van der Waals surface area contributed by atoms with Crippen molar-refractivity contribution in [2.24, 2.45) is 0 Å². The fourth-order valence-electron chi connectivity index (χ4n) is 3.50. The number of fused-ring (bicyclic) bond motifs is 1. The Morgan fingerprint density at radius 1 is 1.26 bits per heavy atom. The van der Waals surface area contributed by atoms with Gasteiger partial charge in [0.2, 0.25) is 0 Å². The van der Waals surface area contributed by atoms with Gasteiger partial charge in [-0.15, -0.1) is 0 Å². The molecule has 0 saturated carbocycles. The zero-order valence-electron chi connectivity index (χ0n) is 17.0. The van der Waals surface area contributed by atoms with Gasteiger partial charge in [0.1, 0.15) is 16.2 Å². The van der Waals surface area contributed by atoms with Gasteiger partial charge in [0.25, 0.3) is 0 Å². The molecule has 1 aromatic heterocycles. The summed E-state index contributed by atoms with van der Waals surface area (Å²) < 4.78 is 14.3. The summed E-state index contributed by atoms with van der Waals surface area (Å²) in [7, 11) is 6.05. The molecule has 0 unspecified atom stereocenters. The van der Waals surface area contributed by atoms with E-state index in [4.69, 9.17) is 26.7 Å². The van der Waals surface area contributed by atoms with E-state index in [1.165, 1.54) is 10.6 Å². The van der Waals surface area contributed by atoms with Crippen LogP contribution in [0.2, 0.25) is 0 Å². The Morgan fingerprint density at radius 2 is 1.96 bits per heavy atom. The van der Waals surface area contributed by atoms with Crippen LogP contribution in [0.5, 0.6) is 5.75 Å². The van der Waals surface area contributed by atoms with E-state index in [0.717, 1.165) is 48.6 Å². The van der Waals surface area contributed by atoms with Gasteiger partial charge in [0, 0.05) is 36.2 Å². The summed E-state index contributed by atoms with van der Waals surface area (Å²) in [4.78, 5) is 6.26. The molecule has 0 aliphatic carbocycles. The predicted molar refractivity (Wildman–Crippen MR) is 110 cm³/mol. The van der Waals surface area contributed by atoms with Crippen LogP contribution in [-0.2, 0) is 24.3 Å². The molecule has 0 radical (unpaired) electrons. The van der Waals surface area contributed by atoms with Crippen molar-refractivity contribution < 1.29 is 14.4 Å². The summed E-state index contributed by atoms with van der Waals surface area (Å²) in [5, 5.41) is 0. The molecular formula is C21H30N3O2S+. The molecule has 27 heavy (non-hydrogen) atoms. The topological polar surface area (TPSA) is 40.7 Å². The van der Waals surface area contributed by atoms with E-state index in [1.54, 1.807) is 7.11 Å². The number of aromatic nitrogens is 2. The maximum atomic E-state index is 6.01. The smallest absolute Gasteiger partial charge is 0.141 e. The van der Waals surface area contributed by atoms with E-state index in [9.17, 15) is 0 Å². The van der Waals surface area contributed by atoms with E-state index < -0.39 is 0 Å². The van der Waals surface area contributed by atoms with Gasteiger partial charge < -0.3 is 18.9 Å². The number of methoxy groups -OCH3 is 1. The number of quaternary nitrogens is 1. The summed E-state index contributed by atoms with van der Waals surface area (Å²) in [5.74, 6) is 1.78. The summed E-state index contributed by atoms with van der Waals surface area (Å²) >= 11 is 5.63. The van der Waals surface area contributed by atoms with Gasteiger partial charge in [-0.2, -0.15) is 0 Å². The molecule has 146 valence electrons. The Labute approximate surface area is 166 Å². The minimum atomic E-state index is -0.193. The van der Waals surface area contributed by atoms with Crippen LogP contribution in [0, 0.1) is 4.64 Å². The van der Waals surface area contributed by atoms with Crippen LogP contribution in [0.15, 0.2) is 24.3 Å². The molecular weight excluding hydrogens is 358 g/mol. The lowest BCUT2D eigenvalue weighted by molar-refractivity contribution is -0.858. The first-order valence-corrected chi connectivity index (χ1v) is 9.91. The first kappa shape index (κ1) is 20.0. The molecule has 0 fully saturated rings. The van der Waals surface area contributed by atoms with Gasteiger partial charge in [-0.25, -0.2) is 4.98 Å². The molecule has 0 bridgehead atoms.